The van der Waals surface area contributed by atoms with Gasteiger partial charge in [-0.1, -0.05) is 98.8 Å². The first kappa shape index (κ1) is 28.1. The second kappa shape index (κ2) is 19.1. The van der Waals surface area contributed by atoms with Crippen LogP contribution in [0.4, 0.5) is 0 Å². The molecule has 0 amide bonds. The lowest BCUT2D eigenvalue weighted by atomic mass is 9.91. The largest absolute Gasteiger partial charge is 0.381 e. The molecule has 0 N–H and O–H groups in total. The van der Waals surface area contributed by atoms with Crippen molar-refractivity contribution in [3.8, 4) is 0 Å². The number of rotatable bonds is 20. The van der Waals surface area contributed by atoms with E-state index >= 15 is 0 Å². The minimum atomic E-state index is -0.638. The van der Waals surface area contributed by atoms with Crippen LogP contribution in [-0.4, -0.2) is 28.9 Å². The van der Waals surface area contributed by atoms with Crippen LogP contribution < -0.4 is 0 Å². The van der Waals surface area contributed by atoms with E-state index in [2.05, 4.69) is 34.6 Å². The smallest absolute Gasteiger partial charge is 0.0474 e. The summed E-state index contributed by atoms with van der Waals surface area (Å²) in [7, 11) is -0.638. The minimum Gasteiger partial charge on any atom is -0.381 e. The third kappa shape index (κ3) is 24.1. The lowest BCUT2D eigenvalue weighted by molar-refractivity contribution is 0.123. The standard InChI is InChI=1S/C25H52O2S/c1-24(2)18-14-12-10-8-6-7-9-11-13-15-22-28(26)23-17-21-27-20-16-19-25(3,4)5/h24H,6-23H2,1-5H3. The van der Waals surface area contributed by atoms with Crippen LogP contribution in [0.5, 0.6) is 0 Å². The number of ether oxygens (including phenoxy) is 1. The van der Waals surface area contributed by atoms with Gasteiger partial charge in [-0.3, -0.25) is 4.21 Å². The maximum absolute atomic E-state index is 12.0. The maximum atomic E-state index is 12.0. The highest BCUT2D eigenvalue weighted by molar-refractivity contribution is 7.84. The van der Waals surface area contributed by atoms with Gasteiger partial charge in [0.1, 0.15) is 0 Å². The molecule has 0 radical (unpaired) electrons. The molecule has 170 valence electrons. The fraction of sp³-hybridized carbons (Fsp3) is 1.00. The number of hydrogen-bond acceptors (Lipinski definition) is 2. The molecule has 0 aliphatic carbocycles. The summed E-state index contributed by atoms with van der Waals surface area (Å²) >= 11 is 0. The van der Waals surface area contributed by atoms with Crippen molar-refractivity contribution in [1.82, 2.24) is 0 Å². The second-order valence-corrected chi connectivity index (χ2v) is 11.9. The van der Waals surface area contributed by atoms with Gasteiger partial charge in [0.25, 0.3) is 0 Å². The molecular weight excluding hydrogens is 364 g/mol. The summed E-state index contributed by atoms with van der Waals surface area (Å²) in [5.74, 6) is 2.57. The molecule has 0 spiro atoms. The molecule has 1 unspecified atom stereocenters. The van der Waals surface area contributed by atoms with E-state index in [4.69, 9.17) is 4.74 Å². The summed E-state index contributed by atoms with van der Waals surface area (Å²) < 4.78 is 17.7. The Bertz CT molecular complexity index is 347. The first-order valence-corrected chi connectivity index (χ1v) is 13.7. The van der Waals surface area contributed by atoms with Crippen LogP contribution in [0.15, 0.2) is 0 Å². The van der Waals surface area contributed by atoms with E-state index in [0.29, 0.717) is 5.41 Å². The average Bonchev–Trinajstić information content (AvgIpc) is 2.60. The molecule has 0 fully saturated rings. The van der Waals surface area contributed by atoms with Crippen molar-refractivity contribution >= 4 is 10.8 Å². The molecule has 0 aromatic carbocycles. The molecular formula is C25H52O2S. The first-order valence-electron chi connectivity index (χ1n) is 12.2. The van der Waals surface area contributed by atoms with Crippen molar-refractivity contribution in [3.05, 3.63) is 0 Å². The SMILES string of the molecule is CC(C)CCCCCCCCCCCCS(=O)CCCOCCCC(C)(C)C. The normalized spacial score (nSPS) is 13.4. The van der Waals surface area contributed by atoms with Crippen LogP contribution >= 0.6 is 0 Å². The van der Waals surface area contributed by atoms with Crippen LogP contribution in [0, 0.1) is 11.3 Å². The van der Waals surface area contributed by atoms with E-state index in [0.717, 1.165) is 49.9 Å². The molecule has 0 bridgehead atoms. The lowest BCUT2D eigenvalue weighted by Crippen LogP contribution is -2.09. The Labute approximate surface area is 180 Å². The maximum Gasteiger partial charge on any atom is 0.0474 e. The van der Waals surface area contributed by atoms with Crippen LogP contribution in [-0.2, 0) is 15.5 Å². The average molecular weight is 417 g/mol. The van der Waals surface area contributed by atoms with Gasteiger partial charge in [-0.05, 0) is 37.0 Å². The van der Waals surface area contributed by atoms with Gasteiger partial charge in [0.15, 0.2) is 0 Å². The molecule has 0 rings (SSSR count). The Balaban J connectivity index is 3.21. The van der Waals surface area contributed by atoms with Crippen LogP contribution in [0.2, 0.25) is 0 Å². The molecule has 1 atom stereocenters. The molecule has 0 heterocycles. The third-order valence-electron chi connectivity index (χ3n) is 5.28. The summed E-state index contributed by atoms with van der Waals surface area (Å²) in [6.07, 6.45) is 18.2. The van der Waals surface area contributed by atoms with Crippen molar-refractivity contribution in [2.45, 2.75) is 125 Å². The van der Waals surface area contributed by atoms with E-state index in [1.807, 2.05) is 0 Å². The molecule has 0 aromatic rings. The van der Waals surface area contributed by atoms with E-state index < -0.39 is 10.8 Å². The Morgan fingerprint density at radius 3 is 1.68 bits per heavy atom. The topological polar surface area (TPSA) is 26.3 Å². The molecule has 0 aliphatic rings. The zero-order chi connectivity index (χ0) is 21.1. The van der Waals surface area contributed by atoms with E-state index in [-0.39, 0.29) is 0 Å². The van der Waals surface area contributed by atoms with Crippen molar-refractivity contribution in [2.24, 2.45) is 11.3 Å². The highest BCUT2D eigenvalue weighted by atomic mass is 32.2. The fourth-order valence-electron chi connectivity index (χ4n) is 3.46. The van der Waals surface area contributed by atoms with Crippen LogP contribution in [0.1, 0.15) is 125 Å². The van der Waals surface area contributed by atoms with Gasteiger partial charge < -0.3 is 4.74 Å². The highest BCUT2D eigenvalue weighted by Crippen LogP contribution is 2.20. The number of unbranched alkanes of at least 4 members (excludes halogenated alkanes) is 9. The van der Waals surface area contributed by atoms with Crippen molar-refractivity contribution in [3.63, 3.8) is 0 Å². The molecule has 3 heteroatoms. The van der Waals surface area contributed by atoms with Crippen molar-refractivity contribution in [1.29, 1.82) is 0 Å². The highest BCUT2D eigenvalue weighted by Gasteiger charge is 2.08. The quantitative estimate of drug-likeness (QED) is 0.188. The molecule has 0 saturated carbocycles. The Kier molecular flexibility index (Phi) is 19.2. The molecule has 0 saturated heterocycles. The summed E-state index contributed by atoms with van der Waals surface area (Å²) in [4.78, 5) is 0. The zero-order valence-electron chi connectivity index (χ0n) is 20.0. The van der Waals surface area contributed by atoms with E-state index in [1.54, 1.807) is 0 Å². The second-order valence-electron chi connectivity index (χ2n) is 10.2. The predicted octanol–water partition coefficient (Wildman–Crippen LogP) is 7.92. The van der Waals surface area contributed by atoms with E-state index in [1.165, 1.54) is 70.6 Å². The summed E-state index contributed by atoms with van der Waals surface area (Å²) in [6, 6.07) is 0. The Morgan fingerprint density at radius 1 is 0.679 bits per heavy atom. The monoisotopic (exact) mass is 416 g/mol. The predicted molar refractivity (Wildman–Crippen MR) is 128 cm³/mol. The van der Waals surface area contributed by atoms with E-state index in [9.17, 15) is 4.21 Å². The van der Waals surface area contributed by atoms with Gasteiger partial charge in [0, 0.05) is 35.5 Å². The van der Waals surface area contributed by atoms with Gasteiger partial charge >= 0.3 is 0 Å². The van der Waals surface area contributed by atoms with Crippen molar-refractivity contribution in [2.75, 3.05) is 24.7 Å². The lowest BCUT2D eigenvalue weighted by Gasteiger charge is -2.17. The fourth-order valence-corrected chi connectivity index (χ4v) is 4.63. The first-order chi connectivity index (χ1) is 13.3. The van der Waals surface area contributed by atoms with Gasteiger partial charge in [0.05, 0.1) is 0 Å². The molecule has 2 nitrogen and oxygen atoms in total. The minimum absolute atomic E-state index is 0.401. The molecule has 0 aliphatic heterocycles. The summed E-state index contributed by atoms with van der Waals surface area (Å²) in [6.45, 7) is 13.1. The number of hydrogen-bond donors (Lipinski definition) is 0. The summed E-state index contributed by atoms with van der Waals surface area (Å²) in [5, 5.41) is 0. The Morgan fingerprint density at radius 2 is 1.14 bits per heavy atom. The van der Waals surface area contributed by atoms with Gasteiger partial charge in [-0.2, -0.15) is 0 Å². The van der Waals surface area contributed by atoms with Crippen LogP contribution in [0.3, 0.4) is 0 Å². The zero-order valence-corrected chi connectivity index (χ0v) is 20.8. The summed E-state index contributed by atoms with van der Waals surface area (Å²) in [5.41, 5.74) is 0.401. The Hall–Kier alpha value is 0.110. The van der Waals surface area contributed by atoms with Gasteiger partial charge in [0.2, 0.25) is 0 Å². The molecule has 28 heavy (non-hydrogen) atoms. The van der Waals surface area contributed by atoms with Gasteiger partial charge in [-0.25, -0.2) is 0 Å². The third-order valence-corrected chi connectivity index (χ3v) is 6.77. The van der Waals surface area contributed by atoms with Gasteiger partial charge in [-0.15, -0.1) is 0 Å². The molecule has 0 aromatic heterocycles. The van der Waals surface area contributed by atoms with Crippen molar-refractivity contribution < 1.29 is 8.95 Å². The van der Waals surface area contributed by atoms with Crippen LogP contribution in [0.25, 0.3) is 0 Å².